The monoisotopic (exact) mass is 278 g/mol. The second kappa shape index (κ2) is 7.90. The van der Waals surface area contributed by atoms with Crippen LogP contribution in [0.2, 0.25) is 0 Å². The molecule has 2 unspecified atom stereocenters. The Morgan fingerprint density at radius 3 is 2.65 bits per heavy atom. The number of rotatable bonds is 7. The molecule has 0 aliphatic heterocycles. The van der Waals surface area contributed by atoms with Crippen molar-refractivity contribution in [1.29, 1.82) is 0 Å². The highest BCUT2D eigenvalue weighted by atomic mass is 16.5. The molecule has 1 rings (SSSR count). The summed E-state index contributed by atoms with van der Waals surface area (Å²) in [5, 5.41) is 6.05. The third kappa shape index (κ3) is 4.85. The molecule has 1 aromatic carbocycles. The lowest BCUT2D eigenvalue weighted by atomic mass is 10.1. The van der Waals surface area contributed by atoms with Crippen LogP contribution in [0.25, 0.3) is 0 Å². The van der Waals surface area contributed by atoms with E-state index in [0.717, 1.165) is 24.3 Å². The van der Waals surface area contributed by atoms with Gasteiger partial charge < -0.3 is 15.4 Å². The zero-order valence-electron chi connectivity index (χ0n) is 13.1. The van der Waals surface area contributed by atoms with Gasteiger partial charge in [0.2, 0.25) is 0 Å². The Hall–Kier alpha value is -1.55. The molecule has 112 valence electrons. The fourth-order valence-electron chi connectivity index (χ4n) is 1.86. The Bertz CT molecular complexity index is 446. The van der Waals surface area contributed by atoms with Gasteiger partial charge in [-0.1, -0.05) is 24.6 Å². The number of benzene rings is 1. The molecule has 0 heterocycles. The van der Waals surface area contributed by atoms with Crippen molar-refractivity contribution in [2.75, 3.05) is 7.05 Å². The van der Waals surface area contributed by atoms with E-state index < -0.39 is 6.10 Å². The van der Waals surface area contributed by atoms with E-state index in [1.165, 1.54) is 5.56 Å². The minimum absolute atomic E-state index is 0.0738. The quantitative estimate of drug-likeness (QED) is 0.805. The summed E-state index contributed by atoms with van der Waals surface area (Å²) in [4.78, 5) is 12.0. The van der Waals surface area contributed by atoms with Gasteiger partial charge >= 0.3 is 0 Å². The number of carbonyl (C=O) groups is 1. The van der Waals surface area contributed by atoms with Crippen LogP contribution in [-0.2, 0) is 11.3 Å². The van der Waals surface area contributed by atoms with Crippen molar-refractivity contribution in [3.8, 4) is 5.75 Å². The maximum absolute atomic E-state index is 12.0. The smallest absolute Gasteiger partial charge is 0.260 e. The number of hydrogen-bond acceptors (Lipinski definition) is 3. The van der Waals surface area contributed by atoms with E-state index >= 15 is 0 Å². The summed E-state index contributed by atoms with van der Waals surface area (Å²) in [5.41, 5.74) is 2.25. The summed E-state index contributed by atoms with van der Waals surface area (Å²) in [6, 6.07) is 6.16. The number of carbonyl (C=O) groups excluding carboxylic acids is 1. The molecule has 4 nitrogen and oxygen atoms in total. The maximum atomic E-state index is 12.0. The molecule has 0 aromatic heterocycles. The highest BCUT2D eigenvalue weighted by Crippen LogP contribution is 2.21. The van der Waals surface area contributed by atoms with Crippen LogP contribution in [0.1, 0.15) is 38.3 Å². The van der Waals surface area contributed by atoms with Crippen molar-refractivity contribution in [2.24, 2.45) is 0 Å². The Balaban J connectivity index is 2.74. The molecule has 0 fully saturated rings. The van der Waals surface area contributed by atoms with Crippen LogP contribution in [0.15, 0.2) is 18.2 Å². The molecular weight excluding hydrogens is 252 g/mol. The Morgan fingerprint density at radius 2 is 2.05 bits per heavy atom. The molecule has 0 saturated heterocycles. The lowest BCUT2D eigenvalue weighted by Crippen LogP contribution is -2.41. The molecular formula is C16H26N2O2. The Labute approximate surface area is 121 Å². The molecule has 1 aromatic rings. The maximum Gasteiger partial charge on any atom is 0.260 e. The van der Waals surface area contributed by atoms with Crippen LogP contribution in [0, 0.1) is 6.92 Å². The molecule has 0 aliphatic rings. The highest BCUT2D eigenvalue weighted by Gasteiger charge is 2.17. The van der Waals surface area contributed by atoms with Gasteiger partial charge in [-0.2, -0.15) is 0 Å². The molecule has 20 heavy (non-hydrogen) atoms. The van der Waals surface area contributed by atoms with Gasteiger partial charge in [0.25, 0.3) is 5.91 Å². The van der Waals surface area contributed by atoms with Crippen LogP contribution < -0.4 is 15.4 Å². The zero-order chi connectivity index (χ0) is 15.1. The summed E-state index contributed by atoms with van der Waals surface area (Å²) in [6.45, 7) is 8.57. The van der Waals surface area contributed by atoms with Crippen molar-refractivity contribution in [3.63, 3.8) is 0 Å². The normalized spacial score (nSPS) is 13.7. The minimum Gasteiger partial charge on any atom is -0.481 e. The molecule has 2 atom stereocenters. The average Bonchev–Trinajstić information content (AvgIpc) is 2.41. The second-order valence-corrected chi connectivity index (χ2v) is 5.22. The summed E-state index contributed by atoms with van der Waals surface area (Å²) in [7, 11) is 1.89. The summed E-state index contributed by atoms with van der Waals surface area (Å²) in [6.07, 6.45) is 0.413. The third-order valence-electron chi connectivity index (χ3n) is 3.26. The van der Waals surface area contributed by atoms with Crippen LogP contribution in [0.5, 0.6) is 5.75 Å². The Kier molecular flexibility index (Phi) is 6.52. The van der Waals surface area contributed by atoms with Gasteiger partial charge in [0.1, 0.15) is 5.75 Å². The molecule has 0 saturated carbocycles. The van der Waals surface area contributed by atoms with Gasteiger partial charge in [-0.05, 0) is 40.3 Å². The molecule has 2 N–H and O–H groups in total. The van der Waals surface area contributed by atoms with Crippen LogP contribution in [0.3, 0.4) is 0 Å². The van der Waals surface area contributed by atoms with Crippen molar-refractivity contribution in [3.05, 3.63) is 29.3 Å². The van der Waals surface area contributed by atoms with Crippen molar-refractivity contribution in [1.82, 2.24) is 10.6 Å². The predicted octanol–water partition coefficient (Wildman–Crippen LogP) is 2.40. The van der Waals surface area contributed by atoms with E-state index in [9.17, 15) is 4.79 Å². The number of ether oxygens (including phenoxy) is 1. The van der Waals surface area contributed by atoms with Crippen molar-refractivity contribution >= 4 is 5.91 Å². The highest BCUT2D eigenvalue weighted by molar-refractivity contribution is 5.81. The van der Waals surface area contributed by atoms with E-state index in [0.29, 0.717) is 0 Å². The first-order valence-corrected chi connectivity index (χ1v) is 7.19. The Morgan fingerprint density at radius 1 is 1.35 bits per heavy atom. The van der Waals surface area contributed by atoms with Gasteiger partial charge in [-0.3, -0.25) is 4.79 Å². The first-order valence-electron chi connectivity index (χ1n) is 7.19. The lowest BCUT2D eigenvalue weighted by Gasteiger charge is -2.19. The van der Waals surface area contributed by atoms with E-state index in [4.69, 9.17) is 4.74 Å². The molecule has 4 heteroatoms. The zero-order valence-corrected chi connectivity index (χ0v) is 13.1. The number of nitrogens with one attached hydrogen (secondary N) is 2. The van der Waals surface area contributed by atoms with Gasteiger partial charge in [0.15, 0.2) is 6.10 Å². The van der Waals surface area contributed by atoms with E-state index in [1.54, 1.807) is 6.92 Å². The number of hydrogen-bond donors (Lipinski definition) is 2. The SMILES string of the molecule is CCC(C)NC(=O)C(C)Oc1ccc(C)cc1CNC. The second-order valence-electron chi connectivity index (χ2n) is 5.22. The van der Waals surface area contributed by atoms with Crippen molar-refractivity contribution in [2.45, 2.75) is 52.8 Å². The largest absolute Gasteiger partial charge is 0.481 e. The van der Waals surface area contributed by atoms with Gasteiger partial charge in [0, 0.05) is 18.2 Å². The van der Waals surface area contributed by atoms with Crippen LogP contribution in [0.4, 0.5) is 0 Å². The molecule has 0 radical (unpaired) electrons. The standard InChI is InChI=1S/C16H26N2O2/c1-6-12(3)18-16(19)13(4)20-15-8-7-11(2)9-14(15)10-17-5/h7-9,12-13,17H,6,10H2,1-5H3,(H,18,19). The predicted molar refractivity (Wildman–Crippen MR) is 81.9 cm³/mol. The first-order chi connectivity index (χ1) is 9.47. The van der Waals surface area contributed by atoms with Gasteiger partial charge in [0.05, 0.1) is 0 Å². The fourth-order valence-corrected chi connectivity index (χ4v) is 1.86. The molecule has 0 aliphatic carbocycles. The molecule has 0 bridgehead atoms. The average molecular weight is 278 g/mol. The van der Waals surface area contributed by atoms with E-state index in [1.807, 2.05) is 40.0 Å². The summed E-state index contributed by atoms with van der Waals surface area (Å²) >= 11 is 0. The molecule has 0 spiro atoms. The van der Waals surface area contributed by atoms with Crippen molar-refractivity contribution < 1.29 is 9.53 Å². The van der Waals surface area contributed by atoms with Gasteiger partial charge in [-0.15, -0.1) is 0 Å². The van der Waals surface area contributed by atoms with E-state index in [2.05, 4.69) is 16.7 Å². The minimum atomic E-state index is -0.498. The van der Waals surface area contributed by atoms with Crippen LogP contribution >= 0.6 is 0 Å². The summed E-state index contributed by atoms with van der Waals surface area (Å²) in [5.74, 6) is 0.687. The lowest BCUT2D eigenvalue weighted by molar-refractivity contribution is -0.127. The third-order valence-corrected chi connectivity index (χ3v) is 3.26. The van der Waals surface area contributed by atoms with E-state index in [-0.39, 0.29) is 11.9 Å². The number of aryl methyl sites for hydroxylation is 1. The molecule has 1 amide bonds. The number of amides is 1. The summed E-state index contributed by atoms with van der Waals surface area (Å²) < 4.78 is 5.81. The topological polar surface area (TPSA) is 50.4 Å². The van der Waals surface area contributed by atoms with Gasteiger partial charge in [-0.25, -0.2) is 0 Å². The first kappa shape index (κ1) is 16.5. The fraction of sp³-hybridized carbons (Fsp3) is 0.562. The van der Waals surface area contributed by atoms with Crippen LogP contribution in [-0.4, -0.2) is 25.1 Å².